The zero-order valence-electron chi connectivity index (χ0n) is 18.8. The number of nitriles is 1. The van der Waals surface area contributed by atoms with Crippen LogP contribution in [0.15, 0.2) is 48.8 Å². The number of methoxy groups -OCH3 is 1. The van der Waals surface area contributed by atoms with Gasteiger partial charge in [0.1, 0.15) is 11.8 Å². The van der Waals surface area contributed by atoms with Crippen molar-refractivity contribution in [1.82, 2.24) is 14.8 Å². The van der Waals surface area contributed by atoms with Crippen LogP contribution in [0.1, 0.15) is 29.3 Å². The van der Waals surface area contributed by atoms with Crippen LogP contribution >= 0.6 is 23.2 Å². The Morgan fingerprint density at radius 1 is 1.00 bits per heavy atom. The van der Waals surface area contributed by atoms with Crippen LogP contribution in [0.3, 0.4) is 0 Å². The summed E-state index contributed by atoms with van der Waals surface area (Å²) in [6.45, 7) is 6.20. The van der Waals surface area contributed by atoms with Gasteiger partial charge in [0.05, 0.1) is 29.7 Å². The third kappa shape index (κ3) is 4.32. The number of rotatable bonds is 5. The molecule has 166 valence electrons. The van der Waals surface area contributed by atoms with Gasteiger partial charge in [-0.15, -0.1) is 0 Å². The van der Waals surface area contributed by atoms with Gasteiger partial charge in [-0.05, 0) is 67.8 Å². The fraction of sp³-hybridized carbons (Fsp3) is 0.192. The fourth-order valence-electron chi connectivity index (χ4n) is 4.02. The van der Waals surface area contributed by atoms with E-state index in [0.29, 0.717) is 21.4 Å². The van der Waals surface area contributed by atoms with E-state index in [-0.39, 0.29) is 0 Å². The van der Waals surface area contributed by atoms with Crippen LogP contribution in [0.2, 0.25) is 10.0 Å². The molecule has 2 aromatic carbocycles. The first-order valence-corrected chi connectivity index (χ1v) is 11.2. The summed E-state index contributed by atoms with van der Waals surface area (Å²) in [7, 11) is 1.64. The number of hydrogen-bond donors (Lipinski definition) is 0. The van der Waals surface area contributed by atoms with Crippen LogP contribution in [-0.2, 0) is 6.42 Å². The zero-order valence-corrected chi connectivity index (χ0v) is 20.3. The van der Waals surface area contributed by atoms with Crippen molar-refractivity contribution in [2.45, 2.75) is 27.2 Å². The number of aromatic nitrogens is 3. The average molecular weight is 477 g/mol. The smallest absolute Gasteiger partial charge is 0.127 e. The maximum Gasteiger partial charge on any atom is 0.127 e. The van der Waals surface area contributed by atoms with Crippen molar-refractivity contribution >= 4 is 23.2 Å². The third-order valence-electron chi connectivity index (χ3n) is 5.63. The van der Waals surface area contributed by atoms with Gasteiger partial charge in [0.2, 0.25) is 0 Å². The standard InChI is InChI=1S/C26H22Cl2N4O/c1-5-24-16(3)26(32(31-24)21-9-19(27)8-20(28)10-21)22-11-23(25(33-4)6-15(22)2)18-7-17(12-29)13-30-14-18/h6-11,13-14H,5H2,1-4H3. The van der Waals surface area contributed by atoms with E-state index in [4.69, 9.17) is 33.0 Å². The molecule has 7 heteroatoms. The molecule has 0 spiro atoms. The molecule has 0 aliphatic carbocycles. The molecule has 4 aromatic rings. The Bertz CT molecular complexity index is 1380. The highest BCUT2D eigenvalue weighted by atomic mass is 35.5. The lowest BCUT2D eigenvalue weighted by Gasteiger charge is -2.16. The predicted octanol–water partition coefficient (Wildman–Crippen LogP) is 6.97. The van der Waals surface area contributed by atoms with E-state index in [1.807, 2.05) is 35.9 Å². The highest BCUT2D eigenvalue weighted by molar-refractivity contribution is 6.34. The van der Waals surface area contributed by atoms with Crippen molar-refractivity contribution in [3.8, 4) is 39.9 Å². The number of benzene rings is 2. The molecule has 0 radical (unpaired) electrons. The molecule has 0 unspecified atom stereocenters. The lowest BCUT2D eigenvalue weighted by Crippen LogP contribution is -2.02. The Morgan fingerprint density at radius 2 is 1.73 bits per heavy atom. The molecule has 0 saturated heterocycles. The highest BCUT2D eigenvalue weighted by Crippen LogP contribution is 2.39. The maximum atomic E-state index is 9.33. The fourth-order valence-corrected chi connectivity index (χ4v) is 4.54. The van der Waals surface area contributed by atoms with Gasteiger partial charge in [-0.2, -0.15) is 10.4 Å². The molecule has 0 aliphatic rings. The SMILES string of the molecule is CCc1nn(-c2cc(Cl)cc(Cl)c2)c(-c2cc(-c3cncc(C#N)c3)c(OC)cc2C)c1C. The molecule has 0 saturated carbocycles. The summed E-state index contributed by atoms with van der Waals surface area (Å²) in [5, 5.41) is 15.3. The molecule has 2 heterocycles. The number of halogens is 2. The Kier molecular flexibility index (Phi) is 6.42. The Balaban J connectivity index is 2.01. The van der Waals surface area contributed by atoms with E-state index in [9.17, 15) is 5.26 Å². The number of pyridine rings is 1. The van der Waals surface area contributed by atoms with Gasteiger partial charge >= 0.3 is 0 Å². The van der Waals surface area contributed by atoms with Crippen LogP contribution < -0.4 is 4.74 Å². The molecule has 0 amide bonds. The first-order valence-electron chi connectivity index (χ1n) is 10.5. The van der Waals surface area contributed by atoms with Crippen LogP contribution in [0.5, 0.6) is 5.75 Å². The monoisotopic (exact) mass is 476 g/mol. The number of nitrogens with zero attached hydrogens (tertiary/aromatic N) is 4. The van der Waals surface area contributed by atoms with Crippen LogP contribution in [0, 0.1) is 25.2 Å². The van der Waals surface area contributed by atoms with Gasteiger partial charge in [-0.3, -0.25) is 4.98 Å². The summed E-state index contributed by atoms with van der Waals surface area (Å²) < 4.78 is 7.58. The van der Waals surface area contributed by atoms with E-state index in [0.717, 1.165) is 51.3 Å². The summed E-state index contributed by atoms with van der Waals surface area (Å²) >= 11 is 12.6. The van der Waals surface area contributed by atoms with Gasteiger partial charge in [-0.1, -0.05) is 30.1 Å². The summed E-state index contributed by atoms with van der Waals surface area (Å²) in [5.41, 5.74) is 7.97. The average Bonchev–Trinajstić information content (AvgIpc) is 3.14. The van der Waals surface area contributed by atoms with E-state index < -0.39 is 0 Å². The summed E-state index contributed by atoms with van der Waals surface area (Å²) in [5.74, 6) is 0.707. The van der Waals surface area contributed by atoms with Gasteiger partial charge < -0.3 is 4.74 Å². The van der Waals surface area contributed by atoms with Crippen molar-refractivity contribution in [3.05, 3.63) is 81.2 Å². The summed E-state index contributed by atoms with van der Waals surface area (Å²) in [4.78, 5) is 4.23. The van der Waals surface area contributed by atoms with Gasteiger partial charge in [0, 0.05) is 39.1 Å². The molecule has 4 rings (SSSR count). The van der Waals surface area contributed by atoms with Crippen molar-refractivity contribution in [2.24, 2.45) is 0 Å². The minimum absolute atomic E-state index is 0.486. The second kappa shape index (κ2) is 9.27. The number of aryl methyl sites for hydroxylation is 2. The molecular formula is C26H22Cl2N4O. The van der Waals surface area contributed by atoms with Gasteiger partial charge in [0.25, 0.3) is 0 Å². The number of hydrogen-bond acceptors (Lipinski definition) is 4. The minimum Gasteiger partial charge on any atom is -0.496 e. The van der Waals surface area contributed by atoms with Crippen LogP contribution in [-0.4, -0.2) is 21.9 Å². The van der Waals surface area contributed by atoms with Crippen molar-refractivity contribution in [3.63, 3.8) is 0 Å². The maximum absolute atomic E-state index is 9.33. The van der Waals surface area contributed by atoms with Crippen molar-refractivity contribution < 1.29 is 4.74 Å². The zero-order chi connectivity index (χ0) is 23.7. The van der Waals surface area contributed by atoms with Gasteiger partial charge in [-0.25, -0.2) is 4.68 Å². The Labute approximate surface area is 203 Å². The molecular weight excluding hydrogens is 455 g/mol. The second-order valence-electron chi connectivity index (χ2n) is 7.75. The highest BCUT2D eigenvalue weighted by Gasteiger charge is 2.21. The lowest BCUT2D eigenvalue weighted by atomic mass is 9.95. The summed E-state index contributed by atoms with van der Waals surface area (Å²) in [6, 6.07) is 13.4. The predicted molar refractivity (Wildman–Crippen MR) is 132 cm³/mol. The van der Waals surface area contributed by atoms with Crippen LogP contribution in [0.25, 0.3) is 28.1 Å². The molecule has 0 aliphatic heterocycles. The Morgan fingerprint density at radius 3 is 2.36 bits per heavy atom. The van der Waals surface area contributed by atoms with Crippen molar-refractivity contribution in [1.29, 1.82) is 5.26 Å². The van der Waals surface area contributed by atoms with E-state index >= 15 is 0 Å². The van der Waals surface area contributed by atoms with Crippen LogP contribution in [0.4, 0.5) is 0 Å². The molecule has 33 heavy (non-hydrogen) atoms. The molecule has 0 bridgehead atoms. The second-order valence-corrected chi connectivity index (χ2v) is 8.63. The lowest BCUT2D eigenvalue weighted by molar-refractivity contribution is 0.416. The topological polar surface area (TPSA) is 63.7 Å². The number of ether oxygens (including phenoxy) is 1. The van der Waals surface area contributed by atoms with Gasteiger partial charge in [0.15, 0.2) is 0 Å². The molecule has 0 fully saturated rings. The summed E-state index contributed by atoms with van der Waals surface area (Å²) in [6.07, 6.45) is 4.06. The van der Waals surface area contributed by atoms with Crippen molar-refractivity contribution in [2.75, 3.05) is 7.11 Å². The molecule has 2 aromatic heterocycles. The molecule has 0 N–H and O–H groups in total. The first kappa shape index (κ1) is 22.8. The Hall–Kier alpha value is -3.33. The minimum atomic E-state index is 0.486. The van der Waals surface area contributed by atoms with E-state index in [1.165, 1.54) is 0 Å². The van der Waals surface area contributed by atoms with E-state index in [1.54, 1.807) is 25.6 Å². The van der Waals surface area contributed by atoms with E-state index in [2.05, 4.69) is 31.0 Å². The molecule has 0 atom stereocenters. The third-order valence-corrected chi connectivity index (χ3v) is 6.06. The quantitative estimate of drug-likeness (QED) is 0.312. The normalized spacial score (nSPS) is 10.8. The first-order chi connectivity index (χ1) is 15.9. The molecule has 5 nitrogen and oxygen atoms in total. The largest absolute Gasteiger partial charge is 0.496 e.